The molecule has 0 bridgehead atoms. The van der Waals surface area contributed by atoms with Crippen molar-refractivity contribution in [1.82, 2.24) is 0 Å². The fourth-order valence-electron chi connectivity index (χ4n) is 4.32. The molecule has 156 valence electrons. The van der Waals surface area contributed by atoms with E-state index in [1.54, 1.807) is 11.3 Å². The average Bonchev–Trinajstić information content (AvgIpc) is 3.55. The van der Waals surface area contributed by atoms with Crippen molar-refractivity contribution < 1.29 is 9.60 Å². The van der Waals surface area contributed by atoms with E-state index in [2.05, 4.69) is 35.6 Å². The number of benzene rings is 5. The van der Waals surface area contributed by atoms with Gasteiger partial charge in [-0.3, -0.25) is 0 Å². The van der Waals surface area contributed by atoms with Crippen LogP contribution in [0, 0.1) is 0 Å². The van der Waals surface area contributed by atoms with Crippen LogP contribution in [0.25, 0.3) is 51.5 Å². The number of rotatable bonds is 3. The zero-order chi connectivity index (χ0) is 27.9. The Morgan fingerprint density at radius 3 is 2.45 bits per heavy atom. The van der Waals surface area contributed by atoms with Gasteiger partial charge in [0.05, 0.1) is 20.0 Å². The van der Waals surface area contributed by atoms with Crippen LogP contribution in [0.4, 0.5) is 11.4 Å². The van der Waals surface area contributed by atoms with E-state index in [-0.39, 0.29) is 53.1 Å². The predicted molar refractivity (Wildman–Crippen MR) is 147 cm³/mol. The second-order valence-corrected chi connectivity index (χ2v) is 9.85. The summed E-state index contributed by atoms with van der Waals surface area (Å²) in [6, 6.07) is 20.7. The van der Waals surface area contributed by atoms with Crippen LogP contribution in [-0.2, 0) is 0 Å². The first kappa shape index (κ1) is 13.1. The first-order chi connectivity index (χ1) is 19.3. The number of hydrogen-bond acceptors (Lipinski definition) is 3. The fraction of sp³-hybridized carbons (Fsp3) is 0. The van der Waals surface area contributed by atoms with Crippen LogP contribution >= 0.6 is 22.7 Å². The molecule has 7 aromatic rings. The maximum absolute atomic E-state index is 8.71. The second-order valence-electron chi connectivity index (χ2n) is 7.74. The van der Waals surface area contributed by atoms with Crippen LogP contribution in [0.3, 0.4) is 0 Å². The standard InChI is InChI=1S/C30H19NS2/c1-2-8-19(9-3-1)21-11-7-15-28-29(21)24-18-20(16-17-27(24)32-28)31-25-13-6-12-23-22-10-4-5-14-26(22)33-30(23)25/h1-18,31H/i4D,5D,6D,10D,12D,13D,14D. The molecule has 0 saturated carbocycles. The van der Waals surface area contributed by atoms with Gasteiger partial charge in [-0.1, -0.05) is 72.7 Å². The van der Waals surface area contributed by atoms with Crippen molar-refractivity contribution in [2.75, 3.05) is 5.32 Å². The first-order valence-electron chi connectivity index (χ1n) is 14.0. The van der Waals surface area contributed by atoms with Gasteiger partial charge < -0.3 is 5.32 Å². The quantitative estimate of drug-likeness (QED) is 0.274. The molecule has 0 radical (unpaired) electrons. The Labute approximate surface area is 209 Å². The third-order valence-electron chi connectivity index (χ3n) is 5.79. The second kappa shape index (κ2) is 7.45. The van der Waals surface area contributed by atoms with Crippen LogP contribution in [-0.4, -0.2) is 0 Å². The molecule has 1 nitrogen and oxygen atoms in total. The Kier molecular flexibility index (Phi) is 2.97. The van der Waals surface area contributed by atoms with E-state index in [9.17, 15) is 0 Å². The molecule has 0 fully saturated rings. The molecule has 0 amide bonds. The summed E-state index contributed by atoms with van der Waals surface area (Å²) in [5.41, 5.74) is 3.27. The Bertz CT molecular complexity index is 2170. The molecule has 5 aromatic carbocycles. The minimum Gasteiger partial charge on any atom is -0.354 e. The summed E-state index contributed by atoms with van der Waals surface area (Å²) in [5.74, 6) is 0. The van der Waals surface area contributed by atoms with Gasteiger partial charge in [-0.15, -0.1) is 22.7 Å². The van der Waals surface area contributed by atoms with Crippen LogP contribution in [0.2, 0.25) is 0 Å². The Hall–Kier alpha value is -3.66. The summed E-state index contributed by atoms with van der Waals surface area (Å²) in [7, 11) is 0. The van der Waals surface area contributed by atoms with Crippen molar-refractivity contribution in [3.63, 3.8) is 0 Å². The molecule has 2 heterocycles. The average molecular weight is 465 g/mol. The van der Waals surface area contributed by atoms with Crippen molar-refractivity contribution in [1.29, 1.82) is 0 Å². The SMILES string of the molecule is [2H]c1c([2H])c([2H])c2c(sc3c(Nc4ccc5sc6cccc(-c7ccccc7)c6c5c4)c([2H])c([2H])c([2H])c32)c1[2H]. The molecule has 7 rings (SSSR count). The lowest BCUT2D eigenvalue weighted by molar-refractivity contribution is 1.63. The van der Waals surface area contributed by atoms with Gasteiger partial charge in [-0.05, 0) is 47.5 Å². The molecule has 0 aliphatic rings. The Morgan fingerprint density at radius 2 is 1.52 bits per heavy atom. The van der Waals surface area contributed by atoms with Crippen molar-refractivity contribution >= 4 is 74.4 Å². The van der Waals surface area contributed by atoms with Gasteiger partial charge in [0, 0.05) is 41.3 Å². The number of thiophene rings is 2. The molecule has 0 aliphatic heterocycles. The van der Waals surface area contributed by atoms with Gasteiger partial charge in [0.25, 0.3) is 0 Å². The zero-order valence-corrected chi connectivity index (χ0v) is 18.8. The van der Waals surface area contributed by atoms with E-state index in [1.807, 2.05) is 36.4 Å². The molecule has 33 heavy (non-hydrogen) atoms. The van der Waals surface area contributed by atoms with Crippen LogP contribution in [0.1, 0.15) is 9.60 Å². The lowest BCUT2D eigenvalue weighted by Crippen LogP contribution is -1.90. The number of anilines is 2. The lowest BCUT2D eigenvalue weighted by atomic mass is 9.99. The molecular weight excluding hydrogens is 438 g/mol. The highest BCUT2D eigenvalue weighted by Crippen LogP contribution is 2.42. The summed E-state index contributed by atoms with van der Waals surface area (Å²) < 4.78 is 62.0. The molecule has 0 atom stereocenters. The minimum atomic E-state index is -0.378. The topological polar surface area (TPSA) is 12.0 Å². The van der Waals surface area contributed by atoms with Crippen molar-refractivity contribution in [2.24, 2.45) is 0 Å². The minimum absolute atomic E-state index is 0.153. The van der Waals surface area contributed by atoms with E-state index in [1.165, 1.54) is 0 Å². The summed E-state index contributed by atoms with van der Waals surface area (Å²) in [5, 5.41) is 6.02. The summed E-state index contributed by atoms with van der Waals surface area (Å²) in [6.45, 7) is 0. The summed E-state index contributed by atoms with van der Waals surface area (Å²) in [6.07, 6.45) is 0. The molecule has 0 aliphatic carbocycles. The van der Waals surface area contributed by atoms with Crippen molar-refractivity contribution in [3.05, 3.63) is 109 Å². The highest BCUT2D eigenvalue weighted by atomic mass is 32.1. The Morgan fingerprint density at radius 1 is 0.636 bits per heavy atom. The van der Waals surface area contributed by atoms with E-state index in [4.69, 9.17) is 9.60 Å². The number of fused-ring (bicyclic) bond motifs is 6. The smallest absolute Gasteiger partial charge is 0.0645 e. The zero-order valence-electron chi connectivity index (χ0n) is 24.2. The highest BCUT2D eigenvalue weighted by Gasteiger charge is 2.13. The molecule has 3 heteroatoms. The summed E-state index contributed by atoms with van der Waals surface area (Å²) in [4.78, 5) is 0. The van der Waals surface area contributed by atoms with Gasteiger partial charge in [0.15, 0.2) is 0 Å². The van der Waals surface area contributed by atoms with Crippen molar-refractivity contribution in [2.45, 2.75) is 0 Å². The molecule has 2 aromatic heterocycles. The molecule has 0 saturated heterocycles. The molecular formula is C30H19NS2. The normalized spacial score (nSPS) is 14.6. The number of hydrogen-bond donors (Lipinski definition) is 1. The van der Waals surface area contributed by atoms with Gasteiger partial charge in [0.1, 0.15) is 0 Å². The van der Waals surface area contributed by atoms with Crippen LogP contribution in [0.5, 0.6) is 0 Å². The molecule has 0 unspecified atom stereocenters. The van der Waals surface area contributed by atoms with E-state index < -0.39 is 0 Å². The predicted octanol–water partition coefficient (Wildman–Crippen LogP) is 9.83. The van der Waals surface area contributed by atoms with Crippen molar-refractivity contribution in [3.8, 4) is 11.1 Å². The monoisotopic (exact) mass is 464 g/mol. The molecule has 0 spiro atoms. The van der Waals surface area contributed by atoms with E-state index >= 15 is 0 Å². The van der Waals surface area contributed by atoms with Crippen LogP contribution in [0.15, 0.2) is 109 Å². The van der Waals surface area contributed by atoms with Gasteiger partial charge in [-0.2, -0.15) is 0 Å². The van der Waals surface area contributed by atoms with Gasteiger partial charge >= 0.3 is 0 Å². The van der Waals surface area contributed by atoms with Gasteiger partial charge in [-0.25, -0.2) is 0 Å². The maximum atomic E-state index is 8.71. The largest absolute Gasteiger partial charge is 0.354 e. The number of nitrogens with one attached hydrogen (secondary N) is 1. The van der Waals surface area contributed by atoms with E-state index in [0.717, 1.165) is 42.6 Å². The third kappa shape index (κ3) is 3.05. The van der Waals surface area contributed by atoms with Gasteiger partial charge in [0.2, 0.25) is 0 Å². The van der Waals surface area contributed by atoms with E-state index in [0.29, 0.717) is 20.8 Å². The maximum Gasteiger partial charge on any atom is 0.0645 e. The molecule has 1 N–H and O–H groups in total. The lowest BCUT2D eigenvalue weighted by Gasteiger charge is -2.09. The first-order valence-corrected chi connectivity index (χ1v) is 12.1. The summed E-state index contributed by atoms with van der Waals surface area (Å²) >= 11 is 2.83. The fourth-order valence-corrected chi connectivity index (χ4v) is 6.46. The third-order valence-corrected chi connectivity index (χ3v) is 8.04. The highest BCUT2D eigenvalue weighted by molar-refractivity contribution is 7.26. The van der Waals surface area contributed by atoms with Crippen LogP contribution < -0.4 is 5.32 Å². The Balaban J connectivity index is 1.47.